The highest BCUT2D eigenvalue weighted by Crippen LogP contribution is 2.27. The monoisotopic (exact) mass is 308 g/mol. The molecule has 0 aliphatic heterocycles. The lowest BCUT2D eigenvalue weighted by Gasteiger charge is -2.11. The van der Waals surface area contributed by atoms with Crippen LogP contribution in [0.1, 0.15) is 5.56 Å². The number of hydrogen-bond donors (Lipinski definition) is 0. The molecule has 0 unspecified atom stereocenters. The first-order chi connectivity index (χ1) is 10.2. The van der Waals surface area contributed by atoms with Gasteiger partial charge in [-0.1, -0.05) is 12.1 Å². The molecule has 0 N–H and O–H groups in total. The molecule has 2 aromatic rings. The maximum absolute atomic E-state index is 12.2. The zero-order valence-electron chi connectivity index (χ0n) is 12.0. The quantitative estimate of drug-likeness (QED) is 0.768. The van der Waals surface area contributed by atoms with Gasteiger partial charge in [-0.2, -0.15) is 5.10 Å². The second-order valence-electron chi connectivity index (χ2n) is 4.41. The lowest BCUT2D eigenvalue weighted by atomic mass is 10.1. The van der Waals surface area contributed by atoms with Crippen LogP contribution in [0.5, 0.6) is 5.75 Å². The maximum atomic E-state index is 12.2. The molecule has 0 amide bonds. The number of aromatic nitrogens is 2. The summed E-state index contributed by atoms with van der Waals surface area (Å²) in [5, 5.41) is 4.38. The van der Waals surface area contributed by atoms with E-state index in [9.17, 15) is 4.79 Å². The van der Waals surface area contributed by atoms with Gasteiger partial charge >= 0.3 is 0 Å². The van der Waals surface area contributed by atoms with Crippen LogP contribution in [0.3, 0.4) is 0 Å². The molecule has 1 aromatic heterocycles. The second-order valence-corrected chi connectivity index (χ2v) is 4.68. The Balaban J connectivity index is 2.55. The van der Waals surface area contributed by atoms with Gasteiger partial charge in [0.1, 0.15) is 5.75 Å². The van der Waals surface area contributed by atoms with Crippen LogP contribution < -0.4 is 10.3 Å². The normalized spacial score (nSPS) is 10.6. The van der Waals surface area contributed by atoms with Crippen molar-refractivity contribution < 1.29 is 9.47 Å². The summed E-state index contributed by atoms with van der Waals surface area (Å²) in [7, 11) is 3.18. The maximum Gasteiger partial charge on any atom is 0.271 e. The molecule has 0 fully saturated rings. The lowest BCUT2D eigenvalue weighted by molar-refractivity contribution is 0.182. The Kier molecular flexibility index (Phi) is 5.36. The van der Waals surface area contributed by atoms with Crippen molar-refractivity contribution in [2.45, 2.75) is 12.4 Å². The fourth-order valence-corrected chi connectivity index (χ4v) is 2.20. The van der Waals surface area contributed by atoms with Crippen LogP contribution >= 0.6 is 11.6 Å². The molecule has 0 radical (unpaired) electrons. The SMILES string of the molecule is COCCn1nc(-c2ccccc2OC)cc(CCl)c1=O. The molecule has 0 saturated carbocycles. The van der Waals surface area contributed by atoms with Gasteiger partial charge in [0.25, 0.3) is 5.56 Å². The van der Waals surface area contributed by atoms with E-state index in [0.29, 0.717) is 30.2 Å². The van der Waals surface area contributed by atoms with Crippen molar-refractivity contribution in [3.05, 3.63) is 46.2 Å². The molecule has 0 bridgehead atoms. The molecule has 0 spiro atoms. The first-order valence-electron chi connectivity index (χ1n) is 6.50. The van der Waals surface area contributed by atoms with E-state index in [-0.39, 0.29) is 11.4 Å². The molecule has 0 atom stereocenters. The highest BCUT2D eigenvalue weighted by atomic mass is 35.5. The average Bonchev–Trinajstić information content (AvgIpc) is 2.53. The molecule has 5 nitrogen and oxygen atoms in total. The minimum Gasteiger partial charge on any atom is -0.496 e. The Hall–Kier alpha value is -1.85. The molecule has 112 valence electrons. The second kappa shape index (κ2) is 7.24. The zero-order valence-corrected chi connectivity index (χ0v) is 12.8. The molecular weight excluding hydrogens is 292 g/mol. The summed E-state index contributed by atoms with van der Waals surface area (Å²) >= 11 is 5.87. The highest BCUT2D eigenvalue weighted by Gasteiger charge is 2.12. The van der Waals surface area contributed by atoms with Crippen molar-refractivity contribution in [3.63, 3.8) is 0 Å². The molecule has 0 aliphatic carbocycles. The van der Waals surface area contributed by atoms with E-state index < -0.39 is 0 Å². The Morgan fingerprint density at radius 2 is 2.05 bits per heavy atom. The summed E-state index contributed by atoms with van der Waals surface area (Å²) in [5.74, 6) is 0.832. The van der Waals surface area contributed by atoms with Crippen LogP contribution in [0.2, 0.25) is 0 Å². The fraction of sp³-hybridized carbons (Fsp3) is 0.333. The van der Waals surface area contributed by atoms with E-state index in [1.807, 2.05) is 24.3 Å². The topological polar surface area (TPSA) is 53.4 Å². The molecule has 1 heterocycles. The van der Waals surface area contributed by atoms with Gasteiger partial charge in [-0.05, 0) is 18.2 Å². The number of alkyl halides is 1. The number of rotatable bonds is 6. The van der Waals surface area contributed by atoms with E-state index >= 15 is 0 Å². The first kappa shape index (κ1) is 15.5. The summed E-state index contributed by atoms with van der Waals surface area (Å²) < 4.78 is 11.7. The van der Waals surface area contributed by atoms with Gasteiger partial charge in [0, 0.05) is 18.2 Å². The van der Waals surface area contributed by atoms with Crippen LogP contribution in [-0.2, 0) is 17.2 Å². The largest absolute Gasteiger partial charge is 0.496 e. The van der Waals surface area contributed by atoms with Crippen molar-refractivity contribution >= 4 is 11.6 Å². The van der Waals surface area contributed by atoms with Gasteiger partial charge in [0.2, 0.25) is 0 Å². The molecular formula is C15H17ClN2O3. The van der Waals surface area contributed by atoms with E-state index in [4.69, 9.17) is 21.1 Å². The van der Waals surface area contributed by atoms with E-state index in [1.165, 1.54) is 4.68 Å². The Morgan fingerprint density at radius 3 is 2.71 bits per heavy atom. The van der Waals surface area contributed by atoms with Gasteiger partial charge in [0.15, 0.2) is 0 Å². The van der Waals surface area contributed by atoms with E-state index in [0.717, 1.165) is 5.56 Å². The van der Waals surface area contributed by atoms with Crippen molar-refractivity contribution in [2.24, 2.45) is 0 Å². The van der Waals surface area contributed by atoms with Crippen molar-refractivity contribution in [2.75, 3.05) is 20.8 Å². The third kappa shape index (κ3) is 3.43. The number of nitrogens with zero attached hydrogens (tertiary/aromatic N) is 2. The van der Waals surface area contributed by atoms with E-state index in [2.05, 4.69) is 5.10 Å². The predicted octanol–water partition coefficient (Wildman–Crippen LogP) is 2.30. The number of methoxy groups -OCH3 is 2. The minimum atomic E-state index is -0.194. The van der Waals surface area contributed by atoms with Crippen LogP contribution in [0.25, 0.3) is 11.3 Å². The number of ether oxygens (including phenoxy) is 2. The van der Waals surface area contributed by atoms with E-state index in [1.54, 1.807) is 20.3 Å². The van der Waals surface area contributed by atoms with Crippen LogP contribution in [0, 0.1) is 0 Å². The molecule has 0 aliphatic rings. The lowest BCUT2D eigenvalue weighted by Crippen LogP contribution is -2.27. The van der Waals surface area contributed by atoms with Gasteiger partial charge in [0.05, 0.1) is 31.8 Å². The number of benzene rings is 1. The average molecular weight is 309 g/mol. The highest BCUT2D eigenvalue weighted by molar-refractivity contribution is 6.17. The van der Waals surface area contributed by atoms with Crippen LogP contribution in [0.15, 0.2) is 35.1 Å². The minimum absolute atomic E-state index is 0.135. The molecule has 2 rings (SSSR count). The molecule has 1 aromatic carbocycles. The smallest absolute Gasteiger partial charge is 0.271 e. The Morgan fingerprint density at radius 1 is 1.29 bits per heavy atom. The summed E-state index contributed by atoms with van der Waals surface area (Å²) in [6.07, 6.45) is 0. The molecule has 6 heteroatoms. The summed E-state index contributed by atoms with van der Waals surface area (Å²) in [6, 6.07) is 9.22. The first-order valence-corrected chi connectivity index (χ1v) is 7.04. The van der Waals surface area contributed by atoms with Crippen molar-refractivity contribution in [1.82, 2.24) is 9.78 Å². The number of halogens is 1. The standard InChI is InChI=1S/C15H17ClN2O3/c1-20-8-7-18-15(19)11(10-16)9-13(17-18)12-5-3-4-6-14(12)21-2/h3-6,9H,7-8,10H2,1-2H3. The third-order valence-electron chi connectivity index (χ3n) is 3.08. The molecule has 0 saturated heterocycles. The zero-order chi connectivity index (χ0) is 15.2. The van der Waals surface area contributed by atoms with Gasteiger partial charge in [-0.15, -0.1) is 11.6 Å². The van der Waals surface area contributed by atoms with Gasteiger partial charge in [-0.25, -0.2) is 4.68 Å². The van der Waals surface area contributed by atoms with Crippen molar-refractivity contribution in [1.29, 1.82) is 0 Å². The number of para-hydroxylation sites is 1. The summed E-state index contributed by atoms with van der Waals surface area (Å²) in [5.41, 5.74) is 1.78. The van der Waals surface area contributed by atoms with Crippen LogP contribution in [0.4, 0.5) is 0 Å². The summed E-state index contributed by atoms with van der Waals surface area (Å²) in [6.45, 7) is 0.784. The Labute approximate surface area is 128 Å². The van der Waals surface area contributed by atoms with Gasteiger partial charge < -0.3 is 9.47 Å². The van der Waals surface area contributed by atoms with Gasteiger partial charge in [-0.3, -0.25) is 4.79 Å². The van der Waals surface area contributed by atoms with Crippen molar-refractivity contribution in [3.8, 4) is 17.0 Å². The third-order valence-corrected chi connectivity index (χ3v) is 3.37. The van der Waals surface area contributed by atoms with Crippen LogP contribution in [-0.4, -0.2) is 30.6 Å². The fourth-order valence-electron chi connectivity index (χ4n) is 2.01. The predicted molar refractivity (Wildman–Crippen MR) is 81.9 cm³/mol. The Bertz CT molecular complexity index is 670. The molecule has 21 heavy (non-hydrogen) atoms. The number of hydrogen-bond acceptors (Lipinski definition) is 4. The summed E-state index contributed by atoms with van der Waals surface area (Å²) in [4.78, 5) is 12.2.